The molecule has 0 saturated carbocycles. The lowest BCUT2D eigenvalue weighted by Gasteiger charge is -2.34. The summed E-state index contributed by atoms with van der Waals surface area (Å²) in [5, 5.41) is 37.5. The van der Waals surface area contributed by atoms with E-state index in [2.05, 4.69) is 0 Å². The molecule has 0 aliphatic carbocycles. The van der Waals surface area contributed by atoms with Gasteiger partial charge in [-0.25, -0.2) is 0 Å². The molecule has 1 aromatic rings. The number of carboxylic acid groups (broad SMARTS) is 4. The molecule has 1 aromatic carbocycles. The van der Waals surface area contributed by atoms with E-state index >= 15 is 0 Å². The topological polar surface area (TPSA) is 162 Å². The Kier molecular flexibility index (Phi) is 11.0. The minimum absolute atomic E-state index is 0.192. The molecule has 12 heteroatoms. The zero-order chi connectivity index (χ0) is 25.8. The van der Waals surface area contributed by atoms with Gasteiger partial charge < -0.3 is 30.2 Å². The minimum Gasteiger partial charge on any atom is -0.480 e. The van der Waals surface area contributed by atoms with E-state index in [0.29, 0.717) is 12.1 Å². The number of benzene rings is 1. The SMILES string of the molecule is O=C(O)CN1/C=C(/Cc2ccccc2)N(CC(=O)O)CCN(CC(=O)O)CCN(CC(=O)O)CC1. The number of nitrogens with zero attached hydrogens (tertiary/aromatic N) is 4. The lowest BCUT2D eigenvalue weighted by Crippen LogP contribution is -2.46. The van der Waals surface area contributed by atoms with Crippen LogP contribution in [0.2, 0.25) is 0 Å². The smallest absolute Gasteiger partial charge is 0.323 e. The number of aliphatic carboxylic acids is 4. The molecule has 35 heavy (non-hydrogen) atoms. The Morgan fingerprint density at radius 3 is 1.63 bits per heavy atom. The Morgan fingerprint density at radius 1 is 0.629 bits per heavy atom. The van der Waals surface area contributed by atoms with E-state index in [4.69, 9.17) is 0 Å². The second kappa shape index (κ2) is 13.9. The van der Waals surface area contributed by atoms with Gasteiger partial charge in [-0.3, -0.25) is 29.0 Å². The van der Waals surface area contributed by atoms with Gasteiger partial charge in [-0.15, -0.1) is 0 Å². The Balaban J connectivity index is 2.45. The Labute approximate surface area is 203 Å². The summed E-state index contributed by atoms with van der Waals surface area (Å²) in [6, 6.07) is 9.30. The second-order valence-corrected chi connectivity index (χ2v) is 8.30. The quantitative estimate of drug-likeness (QED) is 0.336. The summed E-state index contributed by atoms with van der Waals surface area (Å²) in [7, 11) is 0. The van der Waals surface area contributed by atoms with Crippen LogP contribution < -0.4 is 0 Å². The highest BCUT2D eigenvalue weighted by molar-refractivity contribution is 5.70. The van der Waals surface area contributed by atoms with Crippen LogP contribution in [-0.2, 0) is 25.6 Å². The summed E-state index contributed by atoms with van der Waals surface area (Å²) in [6.07, 6.45) is 1.95. The van der Waals surface area contributed by atoms with Gasteiger partial charge in [-0.05, 0) is 5.56 Å². The van der Waals surface area contributed by atoms with Gasteiger partial charge in [0.15, 0.2) is 0 Å². The first-order valence-corrected chi connectivity index (χ1v) is 11.2. The van der Waals surface area contributed by atoms with E-state index in [-0.39, 0.29) is 65.4 Å². The monoisotopic (exact) mass is 492 g/mol. The maximum Gasteiger partial charge on any atom is 0.323 e. The van der Waals surface area contributed by atoms with Gasteiger partial charge >= 0.3 is 23.9 Å². The summed E-state index contributed by atoms with van der Waals surface area (Å²) in [4.78, 5) is 52.3. The van der Waals surface area contributed by atoms with Crippen molar-refractivity contribution in [3.05, 3.63) is 47.8 Å². The van der Waals surface area contributed by atoms with Crippen molar-refractivity contribution in [2.45, 2.75) is 6.42 Å². The summed E-state index contributed by atoms with van der Waals surface area (Å²) in [6.45, 7) is 0.141. The number of carbonyl (C=O) groups is 4. The molecule has 4 N–H and O–H groups in total. The number of hydrogen-bond donors (Lipinski definition) is 4. The fourth-order valence-corrected chi connectivity index (χ4v) is 3.84. The molecular weight excluding hydrogens is 460 g/mol. The van der Waals surface area contributed by atoms with Gasteiger partial charge in [0, 0.05) is 57.6 Å². The number of allylic oxidation sites excluding steroid dienone is 1. The third-order valence-corrected chi connectivity index (χ3v) is 5.47. The standard InChI is InChI=1S/C23H32N4O8/c28-20(29)14-24-6-7-25(15-21(30)31)10-11-27(17-23(34)35)19(12-18-4-2-1-3-5-18)13-26(9-8-24)16-22(32)33/h1-5,13H,6-12,14-17H2,(H,28,29)(H,30,31)(H,32,33)(H,34,35)/b19-13-. The van der Waals surface area contributed by atoms with Crippen molar-refractivity contribution >= 4 is 23.9 Å². The van der Waals surface area contributed by atoms with Crippen molar-refractivity contribution in [1.29, 1.82) is 0 Å². The van der Waals surface area contributed by atoms with Crippen molar-refractivity contribution in [3.63, 3.8) is 0 Å². The highest BCUT2D eigenvalue weighted by atomic mass is 16.4. The highest BCUT2D eigenvalue weighted by Gasteiger charge is 2.21. The highest BCUT2D eigenvalue weighted by Crippen LogP contribution is 2.15. The van der Waals surface area contributed by atoms with Crippen LogP contribution in [0, 0.1) is 0 Å². The van der Waals surface area contributed by atoms with Gasteiger partial charge in [-0.2, -0.15) is 0 Å². The van der Waals surface area contributed by atoms with Crippen molar-refractivity contribution in [3.8, 4) is 0 Å². The number of rotatable bonds is 10. The minimum atomic E-state index is -1.07. The molecule has 2 rings (SSSR count). The van der Waals surface area contributed by atoms with Crippen LogP contribution >= 0.6 is 0 Å². The molecule has 0 spiro atoms. The van der Waals surface area contributed by atoms with Crippen LogP contribution in [0.15, 0.2) is 42.2 Å². The maximum absolute atomic E-state index is 11.7. The molecule has 0 amide bonds. The zero-order valence-corrected chi connectivity index (χ0v) is 19.5. The Bertz CT molecular complexity index is 908. The molecule has 1 heterocycles. The molecule has 0 saturated heterocycles. The largest absolute Gasteiger partial charge is 0.480 e. The van der Waals surface area contributed by atoms with E-state index in [0.717, 1.165) is 5.56 Å². The van der Waals surface area contributed by atoms with E-state index < -0.39 is 23.9 Å². The summed E-state index contributed by atoms with van der Waals surface area (Å²) < 4.78 is 0. The first kappa shape index (κ1) is 27.6. The van der Waals surface area contributed by atoms with E-state index in [9.17, 15) is 39.6 Å². The number of hydrogen-bond acceptors (Lipinski definition) is 8. The van der Waals surface area contributed by atoms with Gasteiger partial charge in [0.05, 0.1) is 13.1 Å². The average Bonchev–Trinajstić information content (AvgIpc) is 2.76. The zero-order valence-electron chi connectivity index (χ0n) is 19.5. The predicted molar refractivity (Wildman–Crippen MR) is 125 cm³/mol. The first-order chi connectivity index (χ1) is 16.6. The third-order valence-electron chi connectivity index (χ3n) is 5.47. The Hall–Kier alpha value is -3.64. The van der Waals surface area contributed by atoms with E-state index in [1.54, 1.807) is 25.8 Å². The molecule has 1 aliphatic heterocycles. The number of carboxylic acids is 4. The molecule has 12 nitrogen and oxygen atoms in total. The van der Waals surface area contributed by atoms with Crippen molar-refractivity contribution in [1.82, 2.24) is 19.6 Å². The van der Waals surface area contributed by atoms with Crippen molar-refractivity contribution in [2.75, 3.05) is 65.4 Å². The van der Waals surface area contributed by atoms with Crippen molar-refractivity contribution in [2.24, 2.45) is 0 Å². The van der Waals surface area contributed by atoms with Crippen LogP contribution in [0.5, 0.6) is 0 Å². The molecule has 0 aromatic heterocycles. The molecule has 0 unspecified atom stereocenters. The lowest BCUT2D eigenvalue weighted by atomic mass is 10.1. The molecule has 0 bridgehead atoms. The molecule has 192 valence electrons. The third kappa shape index (κ3) is 10.9. The first-order valence-electron chi connectivity index (χ1n) is 11.2. The van der Waals surface area contributed by atoms with Gasteiger partial charge in [0.25, 0.3) is 0 Å². The predicted octanol–water partition coefficient (Wildman–Crippen LogP) is -0.369. The maximum atomic E-state index is 11.7. The molecule has 1 aliphatic rings. The average molecular weight is 493 g/mol. The lowest BCUT2D eigenvalue weighted by molar-refractivity contribution is -0.140. The van der Waals surface area contributed by atoms with E-state index in [1.807, 2.05) is 30.3 Å². The normalized spacial score (nSPS) is 18.1. The van der Waals surface area contributed by atoms with Crippen LogP contribution in [0.25, 0.3) is 0 Å². The molecule has 0 fully saturated rings. The van der Waals surface area contributed by atoms with Gasteiger partial charge in [0.1, 0.15) is 13.1 Å². The van der Waals surface area contributed by atoms with Gasteiger partial charge in [-0.1, -0.05) is 30.3 Å². The van der Waals surface area contributed by atoms with Crippen LogP contribution in [0.4, 0.5) is 0 Å². The van der Waals surface area contributed by atoms with E-state index in [1.165, 1.54) is 0 Å². The Morgan fingerprint density at radius 2 is 1.11 bits per heavy atom. The van der Waals surface area contributed by atoms with Crippen molar-refractivity contribution < 1.29 is 39.6 Å². The molecule has 0 atom stereocenters. The van der Waals surface area contributed by atoms with Crippen LogP contribution in [0.1, 0.15) is 5.56 Å². The fourth-order valence-electron chi connectivity index (χ4n) is 3.84. The van der Waals surface area contributed by atoms with Crippen LogP contribution in [-0.4, -0.2) is 129 Å². The molecule has 0 radical (unpaired) electrons. The summed E-state index contributed by atoms with van der Waals surface area (Å²) in [5.74, 6) is -4.23. The summed E-state index contributed by atoms with van der Waals surface area (Å²) in [5.41, 5.74) is 1.46. The molecular formula is C23H32N4O8. The summed E-state index contributed by atoms with van der Waals surface area (Å²) >= 11 is 0. The fraction of sp³-hybridized carbons (Fsp3) is 0.478. The van der Waals surface area contributed by atoms with Crippen LogP contribution in [0.3, 0.4) is 0 Å². The second-order valence-electron chi connectivity index (χ2n) is 8.30. The van der Waals surface area contributed by atoms with Gasteiger partial charge in [0.2, 0.25) is 0 Å².